The van der Waals surface area contributed by atoms with Gasteiger partial charge >= 0.3 is 5.97 Å². The van der Waals surface area contributed by atoms with Crippen LogP contribution in [0.25, 0.3) is 0 Å². The van der Waals surface area contributed by atoms with E-state index < -0.39 is 11.9 Å². The number of hydrogen-bond acceptors (Lipinski definition) is 6. The zero-order valence-electron chi connectivity index (χ0n) is 16.6. The predicted octanol–water partition coefficient (Wildman–Crippen LogP) is 4.10. The number of carbonyl (C=O) groups is 2. The third-order valence-electron chi connectivity index (χ3n) is 3.99. The fourth-order valence-electron chi connectivity index (χ4n) is 2.48. The minimum atomic E-state index is -0.513. The Hall–Kier alpha value is -3.84. The molecule has 0 aromatic heterocycles. The summed E-state index contributed by atoms with van der Waals surface area (Å²) >= 11 is 5.80. The van der Waals surface area contributed by atoms with Crippen molar-refractivity contribution in [3.63, 3.8) is 0 Å². The first-order valence-electron chi connectivity index (χ1n) is 9.20. The zero-order valence-corrected chi connectivity index (χ0v) is 17.3. The van der Waals surface area contributed by atoms with E-state index in [4.69, 9.17) is 25.8 Å². The summed E-state index contributed by atoms with van der Waals surface area (Å²) in [5, 5.41) is 4.47. The standard InChI is InChI=1S/C23H19ClN2O5/c1-29-20-12-7-16(13-21(20)31-23(28)17-5-3-2-4-6-17)14-25-26-22(27)15-30-19-10-8-18(24)9-11-19/h2-14H,15H2,1H3,(H,26,27)/b25-14-. The number of esters is 1. The number of nitrogens with one attached hydrogen (secondary N) is 1. The molecule has 3 rings (SSSR count). The molecule has 1 N–H and O–H groups in total. The number of amides is 1. The molecule has 0 aliphatic rings. The number of hydrogen-bond donors (Lipinski definition) is 1. The molecule has 3 aromatic rings. The van der Waals surface area contributed by atoms with E-state index in [1.807, 2.05) is 6.07 Å². The van der Waals surface area contributed by atoms with Gasteiger partial charge in [-0.15, -0.1) is 0 Å². The lowest BCUT2D eigenvalue weighted by Gasteiger charge is -2.10. The van der Waals surface area contributed by atoms with E-state index in [2.05, 4.69) is 10.5 Å². The molecule has 0 fully saturated rings. The lowest BCUT2D eigenvalue weighted by atomic mass is 10.2. The maximum absolute atomic E-state index is 12.3. The average molecular weight is 439 g/mol. The Morgan fingerprint density at radius 2 is 1.74 bits per heavy atom. The van der Waals surface area contributed by atoms with Gasteiger partial charge in [0, 0.05) is 5.02 Å². The summed E-state index contributed by atoms with van der Waals surface area (Å²) in [4.78, 5) is 24.2. The van der Waals surface area contributed by atoms with Crippen molar-refractivity contribution in [2.75, 3.05) is 13.7 Å². The van der Waals surface area contributed by atoms with Crippen LogP contribution < -0.4 is 19.6 Å². The molecule has 0 saturated heterocycles. The number of methoxy groups -OCH3 is 1. The van der Waals surface area contributed by atoms with Crippen LogP contribution in [0.4, 0.5) is 0 Å². The number of carbonyl (C=O) groups excluding carboxylic acids is 2. The van der Waals surface area contributed by atoms with Gasteiger partial charge in [0.2, 0.25) is 0 Å². The van der Waals surface area contributed by atoms with Crippen LogP contribution in [0.3, 0.4) is 0 Å². The largest absolute Gasteiger partial charge is 0.493 e. The van der Waals surface area contributed by atoms with Crippen molar-refractivity contribution in [3.05, 3.63) is 88.9 Å². The predicted molar refractivity (Wildman–Crippen MR) is 117 cm³/mol. The molecule has 3 aromatic carbocycles. The van der Waals surface area contributed by atoms with Crippen LogP contribution in [0.15, 0.2) is 77.9 Å². The third kappa shape index (κ3) is 6.58. The van der Waals surface area contributed by atoms with Gasteiger partial charge in [-0.3, -0.25) is 4.79 Å². The van der Waals surface area contributed by atoms with Gasteiger partial charge in [-0.05, 0) is 60.2 Å². The molecule has 7 nitrogen and oxygen atoms in total. The molecule has 8 heteroatoms. The first kappa shape index (κ1) is 21.9. The number of nitrogens with zero attached hydrogens (tertiary/aromatic N) is 1. The molecular formula is C23H19ClN2O5. The molecule has 0 aliphatic carbocycles. The molecule has 31 heavy (non-hydrogen) atoms. The molecule has 1 amide bonds. The van der Waals surface area contributed by atoms with Crippen LogP contribution in [0.2, 0.25) is 5.02 Å². The SMILES string of the molecule is COc1ccc(/C=N\NC(=O)COc2ccc(Cl)cc2)cc1OC(=O)c1ccccc1. The highest BCUT2D eigenvalue weighted by molar-refractivity contribution is 6.30. The molecule has 0 radical (unpaired) electrons. The van der Waals surface area contributed by atoms with Gasteiger partial charge in [0.15, 0.2) is 18.1 Å². The van der Waals surface area contributed by atoms with Gasteiger partial charge in [-0.1, -0.05) is 29.8 Å². The maximum atomic E-state index is 12.3. The fourth-order valence-corrected chi connectivity index (χ4v) is 2.60. The maximum Gasteiger partial charge on any atom is 0.343 e. The highest BCUT2D eigenvalue weighted by atomic mass is 35.5. The summed E-state index contributed by atoms with van der Waals surface area (Å²) in [5.74, 6) is 0.194. The van der Waals surface area contributed by atoms with E-state index >= 15 is 0 Å². The number of benzene rings is 3. The Labute approximate surface area is 184 Å². The summed E-state index contributed by atoms with van der Waals surface area (Å²) in [7, 11) is 1.48. The monoisotopic (exact) mass is 438 g/mol. The summed E-state index contributed by atoms with van der Waals surface area (Å²) in [6.07, 6.45) is 1.42. The topological polar surface area (TPSA) is 86.2 Å². The lowest BCUT2D eigenvalue weighted by Crippen LogP contribution is -2.24. The second-order valence-electron chi connectivity index (χ2n) is 6.20. The van der Waals surface area contributed by atoms with E-state index in [9.17, 15) is 9.59 Å². The Morgan fingerprint density at radius 1 is 1.00 bits per heavy atom. The average Bonchev–Trinajstić information content (AvgIpc) is 2.79. The lowest BCUT2D eigenvalue weighted by molar-refractivity contribution is -0.123. The van der Waals surface area contributed by atoms with E-state index in [1.165, 1.54) is 13.3 Å². The molecule has 0 saturated carbocycles. The third-order valence-corrected chi connectivity index (χ3v) is 4.24. The van der Waals surface area contributed by atoms with E-state index in [0.717, 1.165) is 0 Å². The summed E-state index contributed by atoms with van der Waals surface area (Å²) in [6.45, 7) is -0.207. The molecule has 0 unspecified atom stereocenters. The molecular weight excluding hydrogens is 420 g/mol. The van der Waals surface area contributed by atoms with Crippen LogP contribution in [-0.2, 0) is 4.79 Å². The first-order chi connectivity index (χ1) is 15.0. The normalized spacial score (nSPS) is 10.5. The van der Waals surface area contributed by atoms with Gasteiger partial charge in [-0.2, -0.15) is 5.10 Å². The quantitative estimate of drug-likeness (QED) is 0.248. The highest BCUT2D eigenvalue weighted by Crippen LogP contribution is 2.28. The smallest absolute Gasteiger partial charge is 0.343 e. The molecule has 0 spiro atoms. The summed E-state index contributed by atoms with van der Waals surface area (Å²) in [6, 6.07) is 20.2. The Morgan fingerprint density at radius 3 is 2.45 bits per heavy atom. The van der Waals surface area contributed by atoms with Gasteiger partial charge < -0.3 is 14.2 Å². The minimum Gasteiger partial charge on any atom is -0.493 e. The van der Waals surface area contributed by atoms with Crippen molar-refractivity contribution in [2.45, 2.75) is 0 Å². The van der Waals surface area contributed by atoms with Crippen molar-refractivity contribution in [2.24, 2.45) is 5.10 Å². The Kier molecular flexibility index (Phi) is 7.61. The second-order valence-corrected chi connectivity index (χ2v) is 6.64. The van der Waals surface area contributed by atoms with Crippen LogP contribution in [0.5, 0.6) is 17.2 Å². The number of halogens is 1. The van der Waals surface area contributed by atoms with E-state index in [1.54, 1.807) is 66.7 Å². The molecule has 0 bridgehead atoms. The van der Waals surface area contributed by atoms with E-state index in [-0.39, 0.29) is 12.4 Å². The summed E-state index contributed by atoms with van der Waals surface area (Å²) in [5.41, 5.74) is 3.37. The van der Waals surface area contributed by atoms with Crippen molar-refractivity contribution in [1.29, 1.82) is 0 Å². The summed E-state index contributed by atoms with van der Waals surface area (Å²) < 4.78 is 16.0. The Balaban J connectivity index is 1.58. The van der Waals surface area contributed by atoms with Gasteiger partial charge in [0.05, 0.1) is 18.9 Å². The number of hydrazone groups is 1. The van der Waals surface area contributed by atoms with E-state index in [0.29, 0.717) is 27.6 Å². The molecule has 0 atom stereocenters. The zero-order chi connectivity index (χ0) is 22.1. The van der Waals surface area contributed by atoms with Gasteiger partial charge in [0.1, 0.15) is 5.75 Å². The van der Waals surface area contributed by atoms with Crippen molar-refractivity contribution in [3.8, 4) is 17.2 Å². The van der Waals surface area contributed by atoms with Crippen LogP contribution in [0, 0.1) is 0 Å². The van der Waals surface area contributed by atoms with Crippen LogP contribution in [-0.4, -0.2) is 31.8 Å². The molecule has 0 heterocycles. The van der Waals surface area contributed by atoms with Crippen LogP contribution >= 0.6 is 11.6 Å². The first-order valence-corrected chi connectivity index (χ1v) is 9.58. The van der Waals surface area contributed by atoms with Crippen molar-refractivity contribution >= 4 is 29.7 Å². The minimum absolute atomic E-state index is 0.207. The van der Waals surface area contributed by atoms with Gasteiger partial charge in [-0.25, -0.2) is 10.2 Å². The van der Waals surface area contributed by atoms with Crippen molar-refractivity contribution in [1.82, 2.24) is 5.43 Å². The van der Waals surface area contributed by atoms with Crippen molar-refractivity contribution < 1.29 is 23.8 Å². The van der Waals surface area contributed by atoms with Gasteiger partial charge in [0.25, 0.3) is 5.91 Å². The number of rotatable bonds is 8. The Bertz CT molecular complexity index is 1070. The number of ether oxygens (including phenoxy) is 3. The second kappa shape index (κ2) is 10.8. The van der Waals surface area contributed by atoms with Crippen LogP contribution in [0.1, 0.15) is 15.9 Å². The molecule has 158 valence electrons. The highest BCUT2D eigenvalue weighted by Gasteiger charge is 2.12. The molecule has 0 aliphatic heterocycles. The fraction of sp³-hybridized carbons (Fsp3) is 0.0870.